The third-order valence-corrected chi connectivity index (χ3v) is 3.54. The molecular weight excluding hydrogens is 266 g/mol. The van der Waals surface area contributed by atoms with E-state index in [1.165, 1.54) is 12.0 Å². The lowest BCUT2D eigenvalue weighted by atomic mass is 10.2. The maximum atomic E-state index is 4.21. The van der Waals surface area contributed by atoms with E-state index in [0.717, 1.165) is 30.7 Å². The largest absolute Gasteiger partial charge is 0.315 e. The second-order valence-corrected chi connectivity index (χ2v) is 5.14. The average Bonchev–Trinajstić information content (AvgIpc) is 2.79. The van der Waals surface area contributed by atoms with Gasteiger partial charge in [-0.15, -0.1) is 0 Å². The molecule has 0 amide bonds. The Morgan fingerprint density at radius 3 is 3.06 bits per heavy atom. The number of aromatic nitrogens is 1. The van der Waals surface area contributed by atoms with Gasteiger partial charge in [-0.05, 0) is 47.1 Å². The van der Waals surface area contributed by atoms with Crippen LogP contribution in [0.15, 0.2) is 22.9 Å². The molecule has 0 bridgehead atoms. The Morgan fingerprint density at radius 1 is 1.56 bits per heavy atom. The molecule has 0 aromatic carbocycles. The minimum Gasteiger partial charge on any atom is -0.315 e. The fourth-order valence-corrected chi connectivity index (χ4v) is 2.64. The first-order valence-corrected chi connectivity index (χ1v) is 6.63. The minimum absolute atomic E-state index is 0.684. The summed E-state index contributed by atoms with van der Waals surface area (Å²) in [6.07, 6.45) is 5.04. The van der Waals surface area contributed by atoms with Gasteiger partial charge in [0, 0.05) is 36.0 Å². The normalized spacial score (nSPS) is 20.6. The van der Waals surface area contributed by atoms with Gasteiger partial charge >= 0.3 is 0 Å². The third kappa shape index (κ3) is 3.03. The molecule has 0 saturated carbocycles. The van der Waals surface area contributed by atoms with Crippen LogP contribution in [-0.2, 0) is 6.54 Å². The second-order valence-electron chi connectivity index (χ2n) is 4.22. The summed E-state index contributed by atoms with van der Waals surface area (Å²) in [5, 5.41) is 3.42. The zero-order valence-corrected chi connectivity index (χ0v) is 11.2. The highest BCUT2D eigenvalue weighted by molar-refractivity contribution is 9.10. The van der Waals surface area contributed by atoms with Crippen molar-refractivity contribution < 1.29 is 0 Å². The van der Waals surface area contributed by atoms with E-state index >= 15 is 0 Å². The number of pyridine rings is 1. The van der Waals surface area contributed by atoms with Gasteiger partial charge < -0.3 is 5.32 Å². The van der Waals surface area contributed by atoms with Crippen molar-refractivity contribution in [1.29, 1.82) is 0 Å². The van der Waals surface area contributed by atoms with Crippen LogP contribution < -0.4 is 5.32 Å². The van der Waals surface area contributed by atoms with E-state index in [1.807, 2.05) is 12.4 Å². The molecule has 1 atom stereocenters. The standard InChI is InChI=1S/C12H18BrN3/c1-2-16(12-3-4-14-8-12)9-10-5-11(13)7-15-6-10/h5-7,12,14H,2-4,8-9H2,1H3. The van der Waals surface area contributed by atoms with Gasteiger partial charge in [-0.1, -0.05) is 6.92 Å². The van der Waals surface area contributed by atoms with E-state index in [1.54, 1.807) is 0 Å². The van der Waals surface area contributed by atoms with E-state index < -0.39 is 0 Å². The number of nitrogens with one attached hydrogen (secondary N) is 1. The third-order valence-electron chi connectivity index (χ3n) is 3.10. The summed E-state index contributed by atoms with van der Waals surface area (Å²) in [6.45, 7) is 6.59. The van der Waals surface area contributed by atoms with Gasteiger partial charge in [0.2, 0.25) is 0 Å². The molecule has 4 heteroatoms. The van der Waals surface area contributed by atoms with E-state index in [2.05, 4.69) is 44.1 Å². The van der Waals surface area contributed by atoms with Crippen LogP contribution in [0.25, 0.3) is 0 Å². The highest BCUT2D eigenvalue weighted by Gasteiger charge is 2.20. The molecule has 0 spiro atoms. The Balaban J connectivity index is 2.00. The Morgan fingerprint density at radius 2 is 2.44 bits per heavy atom. The Labute approximate surface area is 105 Å². The minimum atomic E-state index is 0.684. The van der Waals surface area contributed by atoms with E-state index in [9.17, 15) is 0 Å². The lowest BCUT2D eigenvalue weighted by molar-refractivity contribution is 0.210. The molecule has 16 heavy (non-hydrogen) atoms. The molecule has 1 N–H and O–H groups in total. The molecule has 1 aromatic rings. The van der Waals surface area contributed by atoms with E-state index in [4.69, 9.17) is 0 Å². The van der Waals surface area contributed by atoms with Crippen molar-refractivity contribution in [2.75, 3.05) is 19.6 Å². The average molecular weight is 284 g/mol. The van der Waals surface area contributed by atoms with E-state index in [0.29, 0.717) is 6.04 Å². The molecule has 1 aromatic heterocycles. The lowest BCUT2D eigenvalue weighted by Crippen LogP contribution is -2.36. The summed E-state index contributed by atoms with van der Waals surface area (Å²) in [4.78, 5) is 6.73. The first-order chi connectivity index (χ1) is 7.79. The number of likely N-dealkylation sites (N-methyl/N-ethyl adjacent to an activating group) is 1. The number of hydrogen-bond donors (Lipinski definition) is 1. The zero-order chi connectivity index (χ0) is 11.4. The summed E-state index contributed by atoms with van der Waals surface area (Å²) >= 11 is 3.46. The summed E-state index contributed by atoms with van der Waals surface area (Å²) in [6, 6.07) is 2.84. The molecule has 0 radical (unpaired) electrons. The van der Waals surface area contributed by atoms with Crippen molar-refractivity contribution in [3.05, 3.63) is 28.5 Å². The molecule has 1 aliphatic heterocycles. The molecule has 1 saturated heterocycles. The van der Waals surface area contributed by atoms with Gasteiger partial charge in [0.1, 0.15) is 0 Å². The number of rotatable bonds is 4. The van der Waals surface area contributed by atoms with Gasteiger partial charge in [-0.2, -0.15) is 0 Å². The fraction of sp³-hybridized carbons (Fsp3) is 0.583. The SMILES string of the molecule is CCN(Cc1cncc(Br)c1)C1CCNC1. The zero-order valence-electron chi connectivity index (χ0n) is 9.62. The van der Waals surface area contributed by atoms with Gasteiger partial charge in [0.25, 0.3) is 0 Å². The molecular formula is C12H18BrN3. The van der Waals surface area contributed by atoms with Crippen LogP contribution in [0.1, 0.15) is 18.9 Å². The van der Waals surface area contributed by atoms with Crippen molar-refractivity contribution in [3.63, 3.8) is 0 Å². The van der Waals surface area contributed by atoms with Crippen molar-refractivity contribution in [1.82, 2.24) is 15.2 Å². The van der Waals surface area contributed by atoms with Gasteiger partial charge in [0.15, 0.2) is 0 Å². The van der Waals surface area contributed by atoms with Crippen LogP contribution in [0.3, 0.4) is 0 Å². The molecule has 88 valence electrons. The number of hydrogen-bond acceptors (Lipinski definition) is 3. The molecule has 1 aliphatic rings. The fourth-order valence-electron chi connectivity index (χ4n) is 2.23. The summed E-state index contributed by atoms with van der Waals surface area (Å²) in [7, 11) is 0. The first-order valence-electron chi connectivity index (χ1n) is 5.83. The second kappa shape index (κ2) is 5.75. The van der Waals surface area contributed by atoms with E-state index in [-0.39, 0.29) is 0 Å². The molecule has 2 heterocycles. The first kappa shape index (κ1) is 12.0. The monoisotopic (exact) mass is 283 g/mol. The number of halogens is 1. The van der Waals surface area contributed by atoms with Crippen LogP contribution in [0.5, 0.6) is 0 Å². The highest BCUT2D eigenvalue weighted by Crippen LogP contribution is 2.15. The predicted octanol–water partition coefficient (Wildman–Crippen LogP) is 2.03. The number of nitrogens with zero attached hydrogens (tertiary/aromatic N) is 2. The smallest absolute Gasteiger partial charge is 0.0410 e. The van der Waals surface area contributed by atoms with Gasteiger partial charge in [-0.3, -0.25) is 9.88 Å². The maximum Gasteiger partial charge on any atom is 0.0410 e. The lowest BCUT2D eigenvalue weighted by Gasteiger charge is -2.26. The van der Waals surface area contributed by atoms with Crippen LogP contribution in [0.4, 0.5) is 0 Å². The van der Waals surface area contributed by atoms with Crippen LogP contribution in [0, 0.1) is 0 Å². The maximum absolute atomic E-state index is 4.21. The Hall–Kier alpha value is -0.450. The predicted molar refractivity (Wildman–Crippen MR) is 69.3 cm³/mol. The molecule has 3 nitrogen and oxygen atoms in total. The van der Waals surface area contributed by atoms with Crippen molar-refractivity contribution in [2.45, 2.75) is 25.9 Å². The van der Waals surface area contributed by atoms with Crippen molar-refractivity contribution in [2.24, 2.45) is 0 Å². The Kier molecular flexibility index (Phi) is 4.32. The van der Waals surface area contributed by atoms with Crippen LogP contribution in [0.2, 0.25) is 0 Å². The molecule has 2 rings (SSSR count). The van der Waals surface area contributed by atoms with Crippen molar-refractivity contribution in [3.8, 4) is 0 Å². The highest BCUT2D eigenvalue weighted by atomic mass is 79.9. The van der Waals surface area contributed by atoms with Crippen LogP contribution >= 0.6 is 15.9 Å². The van der Waals surface area contributed by atoms with Gasteiger partial charge in [-0.25, -0.2) is 0 Å². The van der Waals surface area contributed by atoms with Crippen LogP contribution in [-0.4, -0.2) is 35.6 Å². The molecule has 0 aliphatic carbocycles. The summed E-state index contributed by atoms with van der Waals surface area (Å²) in [5.41, 5.74) is 1.28. The quantitative estimate of drug-likeness (QED) is 0.917. The Bertz CT molecular complexity index is 337. The summed E-state index contributed by atoms with van der Waals surface area (Å²) < 4.78 is 1.06. The van der Waals surface area contributed by atoms with Gasteiger partial charge in [0.05, 0.1) is 0 Å². The summed E-state index contributed by atoms with van der Waals surface area (Å²) in [5.74, 6) is 0. The topological polar surface area (TPSA) is 28.2 Å². The molecule has 1 unspecified atom stereocenters. The van der Waals surface area contributed by atoms with Crippen molar-refractivity contribution >= 4 is 15.9 Å². The molecule has 1 fully saturated rings.